The first-order chi connectivity index (χ1) is 9.83. The molecule has 2 fully saturated rings. The second-order valence-corrected chi connectivity index (χ2v) is 7.70. The Hall–Kier alpha value is -0.380. The molecule has 1 saturated heterocycles. The SMILES string of the molecule is CN1CCCC(CNC(c2cccs2)C2CCCC2)C1. The molecule has 1 aliphatic carbocycles. The van der Waals surface area contributed by atoms with Crippen molar-refractivity contribution in [1.82, 2.24) is 10.2 Å². The molecule has 2 atom stereocenters. The smallest absolute Gasteiger partial charge is 0.0443 e. The predicted octanol–water partition coefficient (Wildman–Crippen LogP) is 3.91. The second kappa shape index (κ2) is 7.06. The Labute approximate surface area is 127 Å². The van der Waals surface area contributed by atoms with E-state index in [0.29, 0.717) is 6.04 Å². The fourth-order valence-corrected chi connectivity index (χ4v) is 4.89. The van der Waals surface area contributed by atoms with Crippen molar-refractivity contribution >= 4 is 11.3 Å². The van der Waals surface area contributed by atoms with Gasteiger partial charge in [0.2, 0.25) is 0 Å². The van der Waals surface area contributed by atoms with Crippen LogP contribution in [0.15, 0.2) is 17.5 Å². The highest BCUT2D eigenvalue weighted by Crippen LogP contribution is 2.37. The molecule has 0 bridgehead atoms. The van der Waals surface area contributed by atoms with Crippen molar-refractivity contribution in [2.75, 3.05) is 26.7 Å². The van der Waals surface area contributed by atoms with Gasteiger partial charge in [0.05, 0.1) is 0 Å². The van der Waals surface area contributed by atoms with Crippen molar-refractivity contribution < 1.29 is 0 Å². The van der Waals surface area contributed by atoms with Gasteiger partial charge in [-0.3, -0.25) is 0 Å². The van der Waals surface area contributed by atoms with Crippen molar-refractivity contribution in [3.8, 4) is 0 Å². The molecule has 0 amide bonds. The Morgan fingerprint density at radius 1 is 1.30 bits per heavy atom. The van der Waals surface area contributed by atoms with E-state index < -0.39 is 0 Å². The molecule has 1 N–H and O–H groups in total. The summed E-state index contributed by atoms with van der Waals surface area (Å²) in [6, 6.07) is 5.15. The second-order valence-electron chi connectivity index (χ2n) is 6.72. The maximum atomic E-state index is 3.94. The Balaban J connectivity index is 1.58. The largest absolute Gasteiger partial charge is 0.309 e. The molecular formula is C17H28N2S. The topological polar surface area (TPSA) is 15.3 Å². The van der Waals surface area contributed by atoms with Gasteiger partial charge in [0.1, 0.15) is 0 Å². The summed E-state index contributed by atoms with van der Waals surface area (Å²) in [5.41, 5.74) is 0. The van der Waals surface area contributed by atoms with Gasteiger partial charge >= 0.3 is 0 Å². The number of hydrogen-bond donors (Lipinski definition) is 1. The van der Waals surface area contributed by atoms with Crippen molar-refractivity contribution in [1.29, 1.82) is 0 Å². The Bertz CT molecular complexity index is 384. The highest BCUT2D eigenvalue weighted by Gasteiger charge is 2.28. The maximum absolute atomic E-state index is 3.94. The molecule has 2 heterocycles. The summed E-state index contributed by atoms with van der Waals surface area (Å²) in [7, 11) is 2.26. The molecule has 2 aliphatic rings. The number of nitrogens with zero attached hydrogens (tertiary/aromatic N) is 1. The molecule has 2 unspecified atom stereocenters. The molecule has 112 valence electrons. The lowest BCUT2D eigenvalue weighted by Crippen LogP contribution is -2.39. The minimum atomic E-state index is 0.615. The van der Waals surface area contributed by atoms with Gasteiger partial charge in [-0.05, 0) is 69.1 Å². The van der Waals surface area contributed by atoms with Crippen molar-refractivity contribution in [2.24, 2.45) is 11.8 Å². The summed E-state index contributed by atoms with van der Waals surface area (Å²) in [4.78, 5) is 4.05. The van der Waals surface area contributed by atoms with Crippen LogP contribution in [0.4, 0.5) is 0 Å². The fourth-order valence-electron chi connectivity index (χ4n) is 3.99. The van der Waals surface area contributed by atoms with E-state index in [9.17, 15) is 0 Å². The molecule has 1 saturated carbocycles. The average Bonchev–Trinajstić information content (AvgIpc) is 3.12. The van der Waals surface area contributed by atoms with E-state index in [1.165, 1.54) is 58.2 Å². The van der Waals surface area contributed by atoms with Crippen LogP contribution in [0.2, 0.25) is 0 Å². The van der Waals surface area contributed by atoms with E-state index in [-0.39, 0.29) is 0 Å². The van der Waals surface area contributed by atoms with Crippen LogP contribution in [0, 0.1) is 11.8 Å². The van der Waals surface area contributed by atoms with E-state index >= 15 is 0 Å². The lowest BCUT2D eigenvalue weighted by atomic mass is 9.94. The van der Waals surface area contributed by atoms with Gasteiger partial charge in [0.15, 0.2) is 0 Å². The molecule has 0 spiro atoms. The van der Waals surface area contributed by atoms with E-state index in [2.05, 4.69) is 34.8 Å². The summed E-state index contributed by atoms with van der Waals surface area (Å²) in [5.74, 6) is 1.72. The van der Waals surface area contributed by atoms with E-state index in [1.54, 1.807) is 4.88 Å². The number of nitrogens with one attached hydrogen (secondary N) is 1. The summed E-state index contributed by atoms with van der Waals surface area (Å²) in [5, 5.41) is 6.17. The van der Waals surface area contributed by atoms with Crippen molar-refractivity contribution in [2.45, 2.75) is 44.6 Å². The van der Waals surface area contributed by atoms with E-state index in [1.807, 2.05) is 11.3 Å². The summed E-state index contributed by atoms with van der Waals surface area (Å²) in [6.07, 6.45) is 8.47. The van der Waals surface area contributed by atoms with Crippen LogP contribution in [0.1, 0.15) is 49.4 Å². The molecule has 0 radical (unpaired) electrons. The van der Waals surface area contributed by atoms with Crippen molar-refractivity contribution in [3.05, 3.63) is 22.4 Å². The first kappa shape index (κ1) is 14.6. The molecule has 3 rings (SSSR count). The Morgan fingerprint density at radius 2 is 2.15 bits per heavy atom. The summed E-state index contributed by atoms with van der Waals surface area (Å²) in [6.45, 7) is 3.76. The van der Waals surface area contributed by atoms with Crippen LogP contribution in [0.5, 0.6) is 0 Å². The Kier molecular flexibility index (Phi) is 5.14. The number of piperidine rings is 1. The van der Waals surface area contributed by atoms with E-state index in [0.717, 1.165) is 11.8 Å². The molecule has 1 aromatic heterocycles. The average molecular weight is 292 g/mol. The van der Waals surface area contributed by atoms with Crippen LogP contribution in [-0.2, 0) is 0 Å². The molecule has 3 heteroatoms. The third-order valence-electron chi connectivity index (χ3n) is 5.07. The first-order valence-corrected chi connectivity index (χ1v) is 9.16. The van der Waals surface area contributed by atoms with E-state index in [4.69, 9.17) is 0 Å². The fraction of sp³-hybridized carbons (Fsp3) is 0.765. The first-order valence-electron chi connectivity index (χ1n) is 8.28. The lowest BCUT2D eigenvalue weighted by molar-refractivity contribution is 0.198. The lowest BCUT2D eigenvalue weighted by Gasteiger charge is -2.32. The predicted molar refractivity (Wildman–Crippen MR) is 87.2 cm³/mol. The van der Waals surface area contributed by atoms with Crippen LogP contribution in [-0.4, -0.2) is 31.6 Å². The monoisotopic (exact) mass is 292 g/mol. The number of likely N-dealkylation sites (tertiary alicyclic amines) is 1. The molecular weight excluding hydrogens is 264 g/mol. The zero-order valence-electron chi connectivity index (χ0n) is 12.7. The van der Waals surface area contributed by atoms with Gasteiger partial charge in [-0.1, -0.05) is 18.9 Å². The van der Waals surface area contributed by atoms with Crippen molar-refractivity contribution in [3.63, 3.8) is 0 Å². The number of hydrogen-bond acceptors (Lipinski definition) is 3. The highest BCUT2D eigenvalue weighted by molar-refractivity contribution is 7.10. The maximum Gasteiger partial charge on any atom is 0.0443 e. The molecule has 1 aromatic rings. The molecule has 0 aromatic carbocycles. The third kappa shape index (κ3) is 3.63. The van der Waals surface area contributed by atoms with Gasteiger partial charge in [-0.15, -0.1) is 11.3 Å². The third-order valence-corrected chi connectivity index (χ3v) is 6.02. The molecule has 1 aliphatic heterocycles. The zero-order valence-corrected chi connectivity index (χ0v) is 13.5. The molecule has 20 heavy (non-hydrogen) atoms. The zero-order chi connectivity index (χ0) is 13.8. The normalized spacial score (nSPS) is 26.9. The Morgan fingerprint density at radius 3 is 2.85 bits per heavy atom. The van der Waals surface area contributed by atoms with Gasteiger partial charge < -0.3 is 10.2 Å². The van der Waals surface area contributed by atoms with Crippen LogP contribution >= 0.6 is 11.3 Å². The number of thiophene rings is 1. The minimum Gasteiger partial charge on any atom is -0.309 e. The minimum absolute atomic E-state index is 0.615. The molecule has 2 nitrogen and oxygen atoms in total. The summed E-state index contributed by atoms with van der Waals surface area (Å²) >= 11 is 1.93. The number of rotatable bonds is 5. The van der Waals surface area contributed by atoms with Gasteiger partial charge in [0, 0.05) is 17.5 Å². The van der Waals surface area contributed by atoms with Gasteiger partial charge in [-0.25, -0.2) is 0 Å². The van der Waals surface area contributed by atoms with Gasteiger partial charge in [0.25, 0.3) is 0 Å². The highest BCUT2D eigenvalue weighted by atomic mass is 32.1. The van der Waals surface area contributed by atoms with Crippen LogP contribution in [0.3, 0.4) is 0 Å². The quantitative estimate of drug-likeness (QED) is 0.885. The van der Waals surface area contributed by atoms with Crippen LogP contribution < -0.4 is 5.32 Å². The van der Waals surface area contributed by atoms with Gasteiger partial charge in [-0.2, -0.15) is 0 Å². The summed E-state index contributed by atoms with van der Waals surface area (Å²) < 4.78 is 0. The standard InChI is InChI=1S/C17H28N2S/c1-19-10-4-6-14(13-19)12-18-17(15-7-2-3-8-15)16-9-5-11-20-16/h5,9,11,14-15,17-18H,2-4,6-8,10,12-13H2,1H3. The van der Waals surface area contributed by atoms with Crippen LogP contribution in [0.25, 0.3) is 0 Å².